The van der Waals surface area contributed by atoms with Crippen molar-refractivity contribution >= 4 is 0 Å². The van der Waals surface area contributed by atoms with Crippen LogP contribution in [0.2, 0.25) is 0 Å². The molecule has 0 aliphatic heterocycles. The first kappa shape index (κ1) is 11.7. The minimum absolute atomic E-state index is 0.404. The van der Waals surface area contributed by atoms with Crippen LogP contribution in [0.5, 0.6) is 0 Å². The fraction of sp³-hybridized carbons (Fsp3) is 0.714. The van der Waals surface area contributed by atoms with E-state index in [1.807, 2.05) is 13.8 Å². The molecule has 2 nitrogen and oxygen atoms in total. The molecule has 0 amide bonds. The first-order valence-electron chi connectivity index (χ1n) is 6.37. The molecule has 2 heteroatoms. The maximum absolute atomic E-state index is 5.57. The molecular weight excluding hydrogens is 198 g/mol. The smallest absolute Gasteiger partial charge is 0.105 e. The van der Waals surface area contributed by atoms with Crippen molar-refractivity contribution in [3.8, 4) is 0 Å². The van der Waals surface area contributed by atoms with Crippen molar-refractivity contribution < 1.29 is 4.42 Å². The summed E-state index contributed by atoms with van der Waals surface area (Å²) in [4.78, 5) is 0. The van der Waals surface area contributed by atoms with Crippen LogP contribution in [0, 0.1) is 19.3 Å². The van der Waals surface area contributed by atoms with Crippen molar-refractivity contribution in [1.82, 2.24) is 5.32 Å². The molecule has 1 aliphatic rings. The van der Waals surface area contributed by atoms with E-state index in [-0.39, 0.29) is 0 Å². The predicted octanol–water partition coefficient (Wildman–Crippen LogP) is 3.74. The Morgan fingerprint density at radius 2 is 2.12 bits per heavy atom. The van der Waals surface area contributed by atoms with Crippen LogP contribution in [0.4, 0.5) is 0 Å². The Kier molecular flexibility index (Phi) is 3.11. The summed E-state index contributed by atoms with van der Waals surface area (Å²) in [5.74, 6) is 2.07. The van der Waals surface area contributed by atoms with Gasteiger partial charge in [0.1, 0.15) is 11.5 Å². The Morgan fingerprint density at radius 1 is 1.44 bits per heavy atom. The van der Waals surface area contributed by atoms with Crippen LogP contribution in [0.3, 0.4) is 0 Å². The summed E-state index contributed by atoms with van der Waals surface area (Å²) in [7, 11) is 0. The summed E-state index contributed by atoms with van der Waals surface area (Å²) in [6.45, 7) is 9.73. The van der Waals surface area contributed by atoms with Gasteiger partial charge in [0.15, 0.2) is 0 Å². The van der Waals surface area contributed by atoms with E-state index in [1.165, 1.54) is 24.8 Å². The average Bonchev–Trinajstić information content (AvgIpc) is 2.96. The molecule has 1 N–H and O–H groups in total. The molecule has 1 heterocycles. The van der Waals surface area contributed by atoms with Crippen LogP contribution >= 0.6 is 0 Å². The van der Waals surface area contributed by atoms with Crippen molar-refractivity contribution in [3.05, 3.63) is 23.2 Å². The molecule has 1 aliphatic carbocycles. The van der Waals surface area contributed by atoms with Gasteiger partial charge in [0.2, 0.25) is 0 Å². The molecule has 1 aromatic rings. The number of aryl methyl sites for hydroxylation is 2. The summed E-state index contributed by atoms with van der Waals surface area (Å²) in [5.41, 5.74) is 1.92. The third-order valence-electron chi connectivity index (χ3n) is 4.04. The van der Waals surface area contributed by atoms with Crippen LogP contribution in [0.1, 0.15) is 56.2 Å². The van der Waals surface area contributed by atoms with Crippen molar-refractivity contribution in [3.63, 3.8) is 0 Å². The maximum atomic E-state index is 5.57. The molecule has 1 saturated carbocycles. The fourth-order valence-corrected chi connectivity index (χ4v) is 2.39. The second kappa shape index (κ2) is 4.25. The Hall–Kier alpha value is -0.760. The molecule has 1 atom stereocenters. The van der Waals surface area contributed by atoms with Gasteiger partial charge in [-0.05, 0) is 51.5 Å². The SMILES string of the molecule is CCC1(CNC(C)c2cc(C)oc2C)CC1. The first-order valence-corrected chi connectivity index (χ1v) is 6.37. The van der Waals surface area contributed by atoms with Gasteiger partial charge in [-0.2, -0.15) is 0 Å². The monoisotopic (exact) mass is 221 g/mol. The molecule has 1 aromatic heterocycles. The highest BCUT2D eigenvalue weighted by Crippen LogP contribution is 2.48. The van der Waals surface area contributed by atoms with Gasteiger partial charge in [0.25, 0.3) is 0 Å². The first-order chi connectivity index (χ1) is 7.56. The lowest BCUT2D eigenvalue weighted by Crippen LogP contribution is -2.26. The van der Waals surface area contributed by atoms with Gasteiger partial charge in [-0.3, -0.25) is 0 Å². The lowest BCUT2D eigenvalue weighted by Gasteiger charge is -2.18. The summed E-state index contributed by atoms with van der Waals surface area (Å²) < 4.78 is 5.57. The molecule has 16 heavy (non-hydrogen) atoms. The minimum Gasteiger partial charge on any atom is -0.466 e. The van der Waals surface area contributed by atoms with Crippen molar-refractivity contribution in [2.24, 2.45) is 5.41 Å². The third kappa shape index (κ3) is 2.32. The Morgan fingerprint density at radius 3 is 2.56 bits per heavy atom. The molecule has 1 unspecified atom stereocenters. The van der Waals surface area contributed by atoms with Crippen LogP contribution < -0.4 is 5.32 Å². The number of hydrogen-bond donors (Lipinski definition) is 1. The summed E-state index contributed by atoms with van der Waals surface area (Å²) in [5, 5.41) is 3.65. The van der Waals surface area contributed by atoms with Gasteiger partial charge in [0, 0.05) is 18.2 Å². The quantitative estimate of drug-likeness (QED) is 0.819. The highest BCUT2D eigenvalue weighted by molar-refractivity contribution is 5.23. The average molecular weight is 221 g/mol. The molecule has 0 saturated heterocycles. The second-order valence-electron chi connectivity index (χ2n) is 5.32. The zero-order chi connectivity index (χ0) is 11.8. The van der Waals surface area contributed by atoms with Gasteiger partial charge < -0.3 is 9.73 Å². The minimum atomic E-state index is 0.404. The van der Waals surface area contributed by atoms with E-state index in [4.69, 9.17) is 4.42 Å². The Labute approximate surface area is 98.4 Å². The van der Waals surface area contributed by atoms with Gasteiger partial charge >= 0.3 is 0 Å². The Balaban J connectivity index is 1.93. The highest BCUT2D eigenvalue weighted by Gasteiger charge is 2.40. The van der Waals surface area contributed by atoms with Crippen molar-refractivity contribution in [2.75, 3.05) is 6.54 Å². The van der Waals surface area contributed by atoms with Gasteiger partial charge in [-0.25, -0.2) is 0 Å². The number of rotatable bonds is 5. The molecule has 1 fully saturated rings. The van der Waals surface area contributed by atoms with E-state index in [0.29, 0.717) is 11.5 Å². The number of furan rings is 1. The zero-order valence-corrected chi connectivity index (χ0v) is 10.9. The van der Waals surface area contributed by atoms with E-state index in [0.717, 1.165) is 18.1 Å². The van der Waals surface area contributed by atoms with Gasteiger partial charge in [-0.15, -0.1) is 0 Å². The fourth-order valence-electron chi connectivity index (χ4n) is 2.39. The largest absolute Gasteiger partial charge is 0.466 e. The highest BCUT2D eigenvalue weighted by atomic mass is 16.3. The van der Waals surface area contributed by atoms with Gasteiger partial charge in [0.05, 0.1) is 0 Å². The van der Waals surface area contributed by atoms with Crippen LogP contribution in [-0.2, 0) is 0 Å². The predicted molar refractivity (Wildman–Crippen MR) is 66.6 cm³/mol. The molecular formula is C14H23NO. The summed E-state index contributed by atoms with van der Waals surface area (Å²) in [6.07, 6.45) is 4.09. The summed E-state index contributed by atoms with van der Waals surface area (Å²) >= 11 is 0. The van der Waals surface area contributed by atoms with E-state index < -0.39 is 0 Å². The standard InChI is InChI=1S/C14H23NO/c1-5-14(6-7-14)9-15-11(3)13-8-10(2)16-12(13)4/h8,11,15H,5-7,9H2,1-4H3. The van der Waals surface area contributed by atoms with E-state index in [1.54, 1.807) is 0 Å². The maximum Gasteiger partial charge on any atom is 0.105 e. The lowest BCUT2D eigenvalue weighted by molar-refractivity contribution is 0.411. The van der Waals surface area contributed by atoms with E-state index in [9.17, 15) is 0 Å². The Bertz CT molecular complexity index is 363. The molecule has 2 rings (SSSR count). The third-order valence-corrected chi connectivity index (χ3v) is 4.04. The van der Waals surface area contributed by atoms with Gasteiger partial charge in [-0.1, -0.05) is 6.92 Å². The normalized spacial score (nSPS) is 19.8. The lowest BCUT2D eigenvalue weighted by atomic mass is 10.0. The number of nitrogens with one attached hydrogen (secondary N) is 1. The van der Waals surface area contributed by atoms with Crippen molar-refractivity contribution in [1.29, 1.82) is 0 Å². The van der Waals surface area contributed by atoms with E-state index >= 15 is 0 Å². The number of hydrogen-bond acceptors (Lipinski definition) is 2. The second-order valence-corrected chi connectivity index (χ2v) is 5.32. The molecule has 0 bridgehead atoms. The summed E-state index contributed by atoms with van der Waals surface area (Å²) in [6, 6.07) is 2.56. The van der Waals surface area contributed by atoms with Crippen LogP contribution in [0.15, 0.2) is 10.5 Å². The van der Waals surface area contributed by atoms with Crippen LogP contribution in [0.25, 0.3) is 0 Å². The molecule has 0 aromatic carbocycles. The zero-order valence-electron chi connectivity index (χ0n) is 10.9. The molecule has 0 radical (unpaired) electrons. The van der Waals surface area contributed by atoms with Crippen LogP contribution in [-0.4, -0.2) is 6.54 Å². The molecule has 0 spiro atoms. The van der Waals surface area contributed by atoms with E-state index in [2.05, 4.69) is 25.2 Å². The molecule has 90 valence electrons. The topological polar surface area (TPSA) is 25.2 Å². The van der Waals surface area contributed by atoms with Crippen molar-refractivity contribution in [2.45, 2.75) is 53.0 Å².